The van der Waals surface area contributed by atoms with Crippen molar-refractivity contribution < 1.29 is 18.3 Å². The summed E-state index contributed by atoms with van der Waals surface area (Å²) in [6, 6.07) is 6.72. The highest BCUT2D eigenvalue weighted by Crippen LogP contribution is 2.26. The Labute approximate surface area is 91.1 Å². The third kappa shape index (κ3) is 1.97. The molecule has 1 unspecified atom stereocenters. The summed E-state index contributed by atoms with van der Waals surface area (Å²) in [6.45, 7) is 1.56. The Morgan fingerprint density at radius 2 is 1.88 bits per heavy atom. The lowest BCUT2D eigenvalue weighted by Gasteiger charge is -2.00. The van der Waals surface area contributed by atoms with Crippen LogP contribution in [0.4, 0.5) is 8.78 Å². The normalized spacial score (nSPS) is 12.8. The Balaban J connectivity index is 2.39. The molecular weight excluding hydrogens is 214 g/mol. The monoisotopic (exact) mass is 224 g/mol. The summed E-state index contributed by atoms with van der Waals surface area (Å²) in [6.07, 6.45) is -0.723. The van der Waals surface area contributed by atoms with Gasteiger partial charge < -0.3 is 9.52 Å². The second-order valence-corrected chi connectivity index (χ2v) is 3.51. The molecule has 0 amide bonds. The molecule has 2 nitrogen and oxygen atoms in total. The first-order valence-corrected chi connectivity index (χ1v) is 4.81. The van der Waals surface area contributed by atoms with Gasteiger partial charge in [-0.15, -0.1) is 0 Å². The highest BCUT2D eigenvalue weighted by Gasteiger charge is 2.10. The fraction of sp³-hybridized carbons (Fsp3) is 0.167. The van der Waals surface area contributed by atoms with Crippen LogP contribution in [0.5, 0.6) is 0 Å². The fourth-order valence-corrected chi connectivity index (χ4v) is 1.38. The number of aliphatic hydroxyl groups excluding tert-OH is 1. The minimum atomic E-state index is -0.924. The Bertz CT molecular complexity index is 503. The molecule has 0 fully saturated rings. The summed E-state index contributed by atoms with van der Waals surface area (Å²) in [5.74, 6) is -1.03. The maximum Gasteiger partial charge on any atom is 0.159 e. The first-order valence-electron chi connectivity index (χ1n) is 4.81. The molecule has 0 spiro atoms. The molecule has 2 aromatic rings. The average Bonchev–Trinajstić information content (AvgIpc) is 2.71. The van der Waals surface area contributed by atoms with Gasteiger partial charge in [0, 0.05) is 5.56 Å². The highest BCUT2D eigenvalue weighted by atomic mass is 19.2. The van der Waals surface area contributed by atoms with Crippen LogP contribution in [0.15, 0.2) is 34.7 Å². The van der Waals surface area contributed by atoms with E-state index in [0.717, 1.165) is 12.1 Å². The Morgan fingerprint density at radius 3 is 2.44 bits per heavy atom. The van der Waals surface area contributed by atoms with Gasteiger partial charge in [-0.25, -0.2) is 8.78 Å². The van der Waals surface area contributed by atoms with E-state index in [9.17, 15) is 13.9 Å². The average molecular weight is 224 g/mol. The van der Waals surface area contributed by atoms with E-state index >= 15 is 0 Å². The minimum absolute atomic E-state index is 0.389. The van der Waals surface area contributed by atoms with Crippen molar-refractivity contribution in [3.63, 3.8) is 0 Å². The molecule has 1 aromatic carbocycles. The van der Waals surface area contributed by atoms with Crippen molar-refractivity contribution >= 4 is 0 Å². The van der Waals surface area contributed by atoms with Crippen molar-refractivity contribution in [2.75, 3.05) is 0 Å². The van der Waals surface area contributed by atoms with E-state index in [0.29, 0.717) is 17.1 Å². The predicted octanol–water partition coefficient (Wildman–Crippen LogP) is 3.28. The van der Waals surface area contributed by atoms with Gasteiger partial charge in [-0.3, -0.25) is 0 Å². The Morgan fingerprint density at radius 1 is 1.12 bits per heavy atom. The van der Waals surface area contributed by atoms with Gasteiger partial charge in [-0.05, 0) is 37.3 Å². The molecule has 84 valence electrons. The minimum Gasteiger partial charge on any atom is -0.458 e. The first-order chi connectivity index (χ1) is 7.58. The van der Waals surface area contributed by atoms with Crippen molar-refractivity contribution in [3.05, 3.63) is 47.7 Å². The van der Waals surface area contributed by atoms with E-state index in [-0.39, 0.29) is 0 Å². The lowest BCUT2D eigenvalue weighted by molar-refractivity contribution is 0.170. The van der Waals surface area contributed by atoms with Crippen molar-refractivity contribution in [3.8, 4) is 11.3 Å². The van der Waals surface area contributed by atoms with Gasteiger partial charge in [0.25, 0.3) is 0 Å². The Kier molecular flexibility index (Phi) is 2.75. The third-order valence-electron chi connectivity index (χ3n) is 2.24. The van der Waals surface area contributed by atoms with E-state index in [1.807, 2.05) is 0 Å². The van der Waals surface area contributed by atoms with Crippen LogP contribution in [-0.2, 0) is 0 Å². The topological polar surface area (TPSA) is 33.4 Å². The lowest BCUT2D eigenvalue weighted by Crippen LogP contribution is -1.86. The molecule has 1 aromatic heterocycles. The number of rotatable bonds is 2. The zero-order valence-electron chi connectivity index (χ0n) is 8.58. The first kappa shape index (κ1) is 10.8. The van der Waals surface area contributed by atoms with Crippen LogP contribution in [0.3, 0.4) is 0 Å². The summed E-state index contributed by atoms with van der Waals surface area (Å²) >= 11 is 0. The number of furan rings is 1. The molecule has 4 heteroatoms. The third-order valence-corrected chi connectivity index (χ3v) is 2.24. The van der Waals surface area contributed by atoms with Crippen LogP contribution in [0.1, 0.15) is 18.8 Å². The lowest BCUT2D eigenvalue weighted by atomic mass is 10.1. The number of aliphatic hydroxyl groups is 1. The highest BCUT2D eigenvalue weighted by molar-refractivity contribution is 5.57. The second kappa shape index (κ2) is 4.06. The molecule has 2 rings (SSSR count). The zero-order chi connectivity index (χ0) is 11.7. The van der Waals surface area contributed by atoms with Gasteiger partial charge in [-0.2, -0.15) is 0 Å². The predicted molar refractivity (Wildman–Crippen MR) is 54.7 cm³/mol. The maximum absolute atomic E-state index is 13.0. The van der Waals surface area contributed by atoms with Crippen LogP contribution < -0.4 is 0 Å². The SMILES string of the molecule is CC(O)c1ccc(-c2ccc(F)c(F)c2)o1. The molecule has 1 N–H and O–H groups in total. The molecular formula is C12H10F2O2. The van der Waals surface area contributed by atoms with E-state index < -0.39 is 17.7 Å². The van der Waals surface area contributed by atoms with E-state index in [4.69, 9.17) is 4.42 Å². The van der Waals surface area contributed by atoms with Crippen LogP contribution in [0, 0.1) is 11.6 Å². The van der Waals surface area contributed by atoms with Crippen LogP contribution >= 0.6 is 0 Å². The standard InChI is InChI=1S/C12H10F2O2/c1-7(15)11-4-5-12(16-11)8-2-3-9(13)10(14)6-8/h2-7,15H,1H3. The number of hydrogen-bond acceptors (Lipinski definition) is 2. The molecule has 16 heavy (non-hydrogen) atoms. The van der Waals surface area contributed by atoms with E-state index in [1.54, 1.807) is 19.1 Å². The van der Waals surface area contributed by atoms with E-state index in [2.05, 4.69) is 0 Å². The summed E-state index contributed by atoms with van der Waals surface area (Å²) in [7, 11) is 0. The van der Waals surface area contributed by atoms with Gasteiger partial charge >= 0.3 is 0 Å². The van der Waals surface area contributed by atoms with Crippen molar-refractivity contribution in [2.45, 2.75) is 13.0 Å². The van der Waals surface area contributed by atoms with Crippen LogP contribution in [0.2, 0.25) is 0 Å². The molecule has 0 bridgehead atoms. The number of hydrogen-bond donors (Lipinski definition) is 1. The number of benzene rings is 1. The van der Waals surface area contributed by atoms with E-state index in [1.165, 1.54) is 6.07 Å². The van der Waals surface area contributed by atoms with Gasteiger partial charge in [0.15, 0.2) is 11.6 Å². The van der Waals surface area contributed by atoms with Crippen LogP contribution in [-0.4, -0.2) is 5.11 Å². The summed E-state index contributed by atoms with van der Waals surface area (Å²) in [5, 5.41) is 9.25. The molecule has 0 saturated heterocycles. The maximum atomic E-state index is 13.0. The molecule has 0 radical (unpaired) electrons. The van der Waals surface area contributed by atoms with Crippen molar-refractivity contribution in [1.29, 1.82) is 0 Å². The summed E-state index contributed by atoms with van der Waals surface area (Å²) in [4.78, 5) is 0. The molecule has 0 aliphatic carbocycles. The molecule has 0 aliphatic rings. The second-order valence-electron chi connectivity index (χ2n) is 3.51. The van der Waals surface area contributed by atoms with Crippen molar-refractivity contribution in [2.24, 2.45) is 0 Å². The largest absolute Gasteiger partial charge is 0.458 e. The smallest absolute Gasteiger partial charge is 0.159 e. The molecule has 1 heterocycles. The fourth-order valence-electron chi connectivity index (χ4n) is 1.38. The molecule has 0 saturated carbocycles. The summed E-state index contributed by atoms with van der Waals surface area (Å²) < 4.78 is 31.0. The van der Waals surface area contributed by atoms with Gasteiger partial charge in [0.2, 0.25) is 0 Å². The molecule has 0 aliphatic heterocycles. The molecule has 1 atom stereocenters. The van der Waals surface area contributed by atoms with Crippen LogP contribution in [0.25, 0.3) is 11.3 Å². The zero-order valence-corrected chi connectivity index (χ0v) is 8.58. The van der Waals surface area contributed by atoms with Gasteiger partial charge in [0.05, 0.1) is 0 Å². The summed E-state index contributed by atoms with van der Waals surface area (Å²) in [5.41, 5.74) is 0.436. The Hall–Kier alpha value is -1.68. The quantitative estimate of drug-likeness (QED) is 0.849. The number of halogens is 2. The van der Waals surface area contributed by atoms with Gasteiger partial charge in [0.1, 0.15) is 17.6 Å². The van der Waals surface area contributed by atoms with Crippen molar-refractivity contribution in [1.82, 2.24) is 0 Å². The van der Waals surface area contributed by atoms with Gasteiger partial charge in [-0.1, -0.05) is 0 Å².